The number of ether oxygens (including phenoxy) is 1. The van der Waals surface area contributed by atoms with Crippen LogP contribution in [0.5, 0.6) is 5.75 Å². The molecule has 2 rings (SSSR count). The predicted molar refractivity (Wildman–Crippen MR) is 90.8 cm³/mol. The summed E-state index contributed by atoms with van der Waals surface area (Å²) < 4.78 is 31.6. The van der Waals surface area contributed by atoms with Gasteiger partial charge in [-0.2, -0.15) is 0 Å². The van der Waals surface area contributed by atoms with E-state index < -0.39 is 29.0 Å². The Balaban J connectivity index is 2.07. The number of carboxylic acid groups (broad SMARTS) is 1. The van der Waals surface area contributed by atoms with E-state index in [-0.39, 0.29) is 24.2 Å². The Labute approximate surface area is 149 Å². The van der Waals surface area contributed by atoms with E-state index in [1.807, 2.05) is 0 Å². The van der Waals surface area contributed by atoms with Crippen LogP contribution in [0.3, 0.4) is 0 Å². The highest BCUT2D eigenvalue weighted by Gasteiger charge is 2.36. The van der Waals surface area contributed by atoms with Gasteiger partial charge in [-0.1, -0.05) is 18.2 Å². The van der Waals surface area contributed by atoms with Crippen molar-refractivity contribution in [2.75, 3.05) is 7.11 Å². The average molecular weight is 363 g/mol. The Bertz CT molecular complexity index is 808. The van der Waals surface area contributed by atoms with Crippen LogP contribution in [0, 0.1) is 11.6 Å². The first kappa shape index (κ1) is 19.4. The number of rotatable bonds is 7. The number of benzene rings is 2. The van der Waals surface area contributed by atoms with Crippen molar-refractivity contribution in [3.63, 3.8) is 0 Å². The van der Waals surface area contributed by atoms with E-state index in [2.05, 4.69) is 5.32 Å². The third-order valence-electron chi connectivity index (χ3n) is 4.10. The van der Waals surface area contributed by atoms with Crippen LogP contribution < -0.4 is 10.1 Å². The van der Waals surface area contributed by atoms with E-state index in [4.69, 9.17) is 4.74 Å². The van der Waals surface area contributed by atoms with Gasteiger partial charge in [0.15, 0.2) is 17.1 Å². The standard InChI is InChI=1S/C19H19F2NO4/c1-19(18(24)25,13-5-7-14(20)8-6-13)22-17(23)10-4-12-3-9-16(26-2)15(21)11-12/h3,5-9,11H,4,10H2,1-2H3,(H,22,23)(H,24,25). The number of aliphatic carboxylic acids is 1. The van der Waals surface area contributed by atoms with E-state index in [9.17, 15) is 23.5 Å². The SMILES string of the molecule is COc1ccc(CCC(=O)NC(C)(C(=O)O)c2ccc(F)cc2)cc1F. The van der Waals surface area contributed by atoms with Gasteiger partial charge in [0.25, 0.3) is 0 Å². The first-order valence-electron chi connectivity index (χ1n) is 7.89. The van der Waals surface area contributed by atoms with Crippen LogP contribution in [0.2, 0.25) is 0 Å². The number of methoxy groups -OCH3 is 1. The molecule has 5 nitrogen and oxygen atoms in total. The minimum absolute atomic E-state index is 0.0319. The number of aryl methyl sites for hydroxylation is 1. The first-order valence-corrected chi connectivity index (χ1v) is 7.89. The summed E-state index contributed by atoms with van der Waals surface area (Å²) in [6.07, 6.45) is 0.196. The van der Waals surface area contributed by atoms with Gasteiger partial charge in [0.05, 0.1) is 7.11 Å². The lowest BCUT2D eigenvalue weighted by Gasteiger charge is -2.27. The average Bonchev–Trinajstić information content (AvgIpc) is 2.60. The zero-order valence-electron chi connectivity index (χ0n) is 14.4. The minimum Gasteiger partial charge on any atom is -0.494 e. The molecule has 0 bridgehead atoms. The maximum Gasteiger partial charge on any atom is 0.333 e. The molecule has 0 saturated carbocycles. The van der Waals surface area contributed by atoms with Crippen LogP contribution in [0.15, 0.2) is 42.5 Å². The normalized spacial score (nSPS) is 12.9. The van der Waals surface area contributed by atoms with Crippen LogP contribution in [-0.4, -0.2) is 24.1 Å². The van der Waals surface area contributed by atoms with Crippen LogP contribution in [0.25, 0.3) is 0 Å². The van der Waals surface area contributed by atoms with E-state index in [1.165, 1.54) is 38.3 Å². The fourth-order valence-corrected chi connectivity index (χ4v) is 2.50. The van der Waals surface area contributed by atoms with E-state index in [1.54, 1.807) is 6.07 Å². The molecular formula is C19H19F2NO4. The smallest absolute Gasteiger partial charge is 0.333 e. The van der Waals surface area contributed by atoms with Gasteiger partial charge in [-0.15, -0.1) is 0 Å². The Hall–Kier alpha value is -2.96. The number of amides is 1. The number of carbonyl (C=O) groups is 2. The second kappa shape index (κ2) is 7.95. The lowest BCUT2D eigenvalue weighted by atomic mass is 9.91. The van der Waals surface area contributed by atoms with Crippen LogP contribution >= 0.6 is 0 Å². The second-order valence-electron chi connectivity index (χ2n) is 5.95. The Morgan fingerprint density at radius 3 is 2.35 bits per heavy atom. The maximum atomic E-state index is 13.7. The summed E-state index contributed by atoms with van der Waals surface area (Å²) in [7, 11) is 1.35. The van der Waals surface area contributed by atoms with Crippen LogP contribution in [-0.2, 0) is 21.5 Å². The summed E-state index contributed by atoms with van der Waals surface area (Å²) in [6, 6.07) is 9.23. The molecule has 0 saturated heterocycles. The van der Waals surface area contributed by atoms with Gasteiger partial charge < -0.3 is 15.2 Å². The minimum atomic E-state index is -1.70. The maximum absolute atomic E-state index is 13.7. The van der Waals surface area contributed by atoms with E-state index in [0.717, 1.165) is 12.1 Å². The molecule has 0 aliphatic heterocycles. The molecule has 26 heavy (non-hydrogen) atoms. The lowest BCUT2D eigenvalue weighted by molar-refractivity contribution is -0.147. The molecule has 2 aromatic carbocycles. The summed E-state index contributed by atoms with van der Waals surface area (Å²) >= 11 is 0. The number of hydrogen-bond donors (Lipinski definition) is 2. The fourth-order valence-electron chi connectivity index (χ4n) is 2.50. The van der Waals surface area contributed by atoms with Crippen LogP contribution in [0.1, 0.15) is 24.5 Å². The molecule has 0 aromatic heterocycles. The highest BCUT2D eigenvalue weighted by Crippen LogP contribution is 2.22. The van der Waals surface area contributed by atoms with Crippen molar-refractivity contribution in [3.8, 4) is 5.75 Å². The van der Waals surface area contributed by atoms with Crippen molar-refractivity contribution in [3.05, 3.63) is 65.2 Å². The zero-order chi connectivity index (χ0) is 19.3. The van der Waals surface area contributed by atoms with Crippen molar-refractivity contribution in [1.82, 2.24) is 5.32 Å². The molecule has 7 heteroatoms. The number of hydrogen-bond acceptors (Lipinski definition) is 3. The topological polar surface area (TPSA) is 75.6 Å². The van der Waals surface area contributed by atoms with Gasteiger partial charge in [0.1, 0.15) is 5.82 Å². The Morgan fingerprint density at radius 2 is 1.81 bits per heavy atom. The highest BCUT2D eigenvalue weighted by molar-refractivity contribution is 5.87. The van der Waals surface area contributed by atoms with Gasteiger partial charge in [0.2, 0.25) is 5.91 Å². The largest absolute Gasteiger partial charge is 0.494 e. The number of halogens is 2. The highest BCUT2D eigenvalue weighted by atomic mass is 19.1. The molecule has 0 fully saturated rings. The molecule has 0 aliphatic carbocycles. The summed E-state index contributed by atoms with van der Waals surface area (Å²) in [5, 5.41) is 12.0. The van der Waals surface area contributed by atoms with E-state index in [0.29, 0.717) is 5.56 Å². The number of carbonyl (C=O) groups excluding carboxylic acids is 1. The number of carboxylic acids is 1. The molecule has 0 heterocycles. The molecule has 0 spiro atoms. The zero-order valence-corrected chi connectivity index (χ0v) is 14.4. The van der Waals surface area contributed by atoms with Gasteiger partial charge in [0, 0.05) is 6.42 Å². The van der Waals surface area contributed by atoms with Crippen molar-refractivity contribution >= 4 is 11.9 Å². The van der Waals surface area contributed by atoms with Crippen molar-refractivity contribution < 1.29 is 28.2 Å². The quantitative estimate of drug-likeness (QED) is 0.793. The number of nitrogens with one attached hydrogen (secondary N) is 1. The van der Waals surface area contributed by atoms with Gasteiger partial charge >= 0.3 is 5.97 Å². The summed E-state index contributed by atoms with van der Waals surface area (Å²) in [5.41, 5.74) is -0.872. The molecule has 0 radical (unpaired) electrons. The molecule has 1 atom stereocenters. The Kier molecular flexibility index (Phi) is 5.92. The molecule has 1 unspecified atom stereocenters. The van der Waals surface area contributed by atoms with Crippen molar-refractivity contribution in [2.24, 2.45) is 0 Å². The van der Waals surface area contributed by atoms with Crippen LogP contribution in [0.4, 0.5) is 8.78 Å². The fraction of sp³-hybridized carbons (Fsp3) is 0.263. The summed E-state index contributed by atoms with van der Waals surface area (Å²) in [4.78, 5) is 23.9. The van der Waals surface area contributed by atoms with Gasteiger partial charge in [-0.3, -0.25) is 4.79 Å². The summed E-state index contributed by atoms with van der Waals surface area (Å²) in [6.45, 7) is 1.33. The molecule has 0 aliphatic rings. The van der Waals surface area contributed by atoms with Gasteiger partial charge in [-0.25, -0.2) is 13.6 Å². The second-order valence-corrected chi connectivity index (χ2v) is 5.95. The summed E-state index contributed by atoms with van der Waals surface area (Å²) in [5.74, 6) is -2.72. The monoisotopic (exact) mass is 363 g/mol. The molecule has 138 valence electrons. The predicted octanol–water partition coefficient (Wildman–Crippen LogP) is 3.02. The molecule has 2 aromatic rings. The Morgan fingerprint density at radius 1 is 1.15 bits per heavy atom. The third kappa shape index (κ3) is 4.36. The van der Waals surface area contributed by atoms with Crippen molar-refractivity contribution in [2.45, 2.75) is 25.3 Å². The molecule has 2 N–H and O–H groups in total. The molecular weight excluding hydrogens is 344 g/mol. The van der Waals surface area contributed by atoms with Gasteiger partial charge in [-0.05, 0) is 48.7 Å². The molecule has 1 amide bonds. The van der Waals surface area contributed by atoms with E-state index >= 15 is 0 Å². The first-order chi connectivity index (χ1) is 12.3. The lowest BCUT2D eigenvalue weighted by Crippen LogP contribution is -2.49. The van der Waals surface area contributed by atoms with Crippen molar-refractivity contribution in [1.29, 1.82) is 0 Å². The third-order valence-corrected chi connectivity index (χ3v) is 4.10.